The number of amides is 1. The van der Waals surface area contributed by atoms with E-state index in [9.17, 15) is 4.79 Å². The van der Waals surface area contributed by atoms with Crippen molar-refractivity contribution in [1.82, 2.24) is 19.7 Å². The van der Waals surface area contributed by atoms with Gasteiger partial charge >= 0.3 is 0 Å². The van der Waals surface area contributed by atoms with E-state index in [1.165, 1.54) is 6.33 Å². The van der Waals surface area contributed by atoms with Crippen molar-refractivity contribution in [2.24, 2.45) is 0 Å². The second-order valence-electron chi connectivity index (χ2n) is 7.42. The van der Waals surface area contributed by atoms with Crippen LogP contribution in [0, 0.1) is 27.7 Å². The molecule has 30 heavy (non-hydrogen) atoms. The van der Waals surface area contributed by atoms with Crippen LogP contribution in [-0.2, 0) is 4.79 Å². The number of hydrogen-bond donors (Lipinski definition) is 1. The van der Waals surface area contributed by atoms with E-state index < -0.39 is 0 Å². The molecular formula is C23H23N5O2. The highest BCUT2D eigenvalue weighted by molar-refractivity contribution is 5.93. The molecule has 152 valence electrons. The van der Waals surface area contributed by atoms with Gasteiger partial charge in [0.25, 0.3) is 5.91 Å². The Labute approximate surface area is 174 Å². The predicted octanol–water partition coefficient (Wildman–Crippen LogP) is 4.07. The zero-order chi connectivity index (χ0) is 21.3. The van der Waals surface area contributed by atoms with Gasteiger partial charge < -0.3 is 10.1 Å². The molecular weight excluding hydrogens is 378 g/mol. The van der Waals surface area contributed by atoms with Crippen molar-refractivity contribution in [3.8, 4) is 11.6 Å². The first-order valence-electron chi connectivity index (χ1n) is 9.68. The molecule has 0 aliphatic rings. The highest BCUT2D eigenvalue weighted by Gasteiger charge is 2.14. The Morgan fingerprint density at radius 2 is 1.73 bits per heavy atom. The molecule has 2 aromatic carbocycles. The van der Waals surface area contributed by atoms with Crippen LogP contribution in [0.3, 0.4) is 0 Å². The molecule has 2 heterocycles. The first-order valence-corrected chi connectivity index (χ1v) is 9.68. The number of carbonyl (C=O) groups is 1. The molecule has 7 heteroatoms. The average Bonchev–Trinajstić information content (AvgIpc) is 3.13. The van der Waals surface area contributed by atoms with Gasteiger partial charge in [-0.2, -0.15) is 5.10 Å². The molecule has 2 aromatic heterocycles. The van der Waals surface area contributed by atoms with Gasteiger partial charge in [-0.3, -0.25) is 4.79 Å². The topological polar surface area (TPSA) is 81.9 Å². The number of fused-ring (bicyclic) bond motifs is 1. The standard InChI is InChI=1S/C23H23N5O2/c1-14-8-15(2)10-18(9-14)28-22-19(11-26-28)23(25-13-24-22)30-12-20(29)27-21-16(3)6-5-7-17(21)4/h5-11,13H,12H2,1-4H3,(H,27,29). The highest BCUT2D eigenvalue weighted by atomic mass is 16.5. The minimum absolute atomic E-state index is 0.158. The van der Waals surface area contributed by atoms with Crippen LogP contribution in [0.25, 0.3) is 16.7 Å². The smallest absolute Gasteiger partial charge is 0.262 e. The fourth-order valence-electron chi connectivity index (χ4n) is 3.52. The monoisotopic (exact) mass is 401 g/mol. The number of carbonyl (C=O) groups excluding carboxylic acids is 1. The Balaban J connectivity index is 1.55. The van der Waals surface area contributed by atoms with E-state index in [0.717, 1.165) is 33.6 Å². The van der Waals surface area contributed by atoms with Crippen LogP contribution in [-0.4, -0.2) is 32.3 Å². The maximum absolute atomic E-state index is 12.4. The quantitative estimate of drug-likeness (QED) is 0.545. The third-order valence-corrected chi connectivity index (χ3v) is 4.87. The van der Waals surface area contributed by atoms with Crippen molar-refractivity contribution in [2.45, 2.75) is 27.7 Å². The predicted molar refractivity (Wildman–Crippen MR) is 116 cm³/mol. The third-order valence-electron chi connectivity index (χ3n) is 4.87. The van der Waals surface area contributed by atoms with Gasteiger partial charge in [0.2, 0.25) is 5.88 Å². The SMILES string of the molecule is Cc1cc(C)cc(-n2ncc3c(OCC(=O)Nc4c(C)cccc4C)ncnc32)c1. The summed E-state index contributed by atoms with van der Waals surface area (Å²) in [5, 5.41) is 8.02. The molecule has 0 saturated heterocycles. The Bertz CT molecular complexity index is 1210. The summed E-state index contributed by atoms with van der Waals surface area (Å²) in [4.78, 5) is 21.0. The van der Waals surface area contributed by atoms with E-state index in [1.54, 1.807) is 10.9 Å². The van der Waals surface area contributed by atoms with E-state index in [0.29, 0.717) is 16.9 Å². The van der Waals surface area contributed by atoms with Crippen molar-refractivity contribution in [2.75, 3.05) is 11.9 Å². The Morgan fingerprint density at radius 3 is 2.43 bits per heavy atom. The number of nitrogens with one attached hydrogen (secondary N) is 1. The summed E-state index contributed by atoms with van der Waals surface area (Å²) < 4.78 is 7.46. The lowest BCUT2D eigenvalue weighted by Crippen LogP contribution is -2.21. The number of anilines is 1. The molecule has 7 nitrogen and oxygen atoms in total. The van der Waals surface area contributed by atoms with Crippen LogP contribution in [0.5, 0.6) is 5.88 Å². The Morgan fingerprint density at radius 1 is 1.03 bits per heavy atom. The number of rotatable bonds is 5. The van der Waals surface area contributed by atoms with Crippen molar-refractivity contribution in [3.05, 3.63) is 71.2 Å². The number of ether oxygens (including phenoxy) is 1. The Kier molecular flexibility index (Phi) is 5.18. The van der Waals surface area contributed by atoms with E-state index in [2.05, 4.69) is 26.4 Å². The average molecular weight is 401 g/mol. The minimum atomic E-state index is -0.249. The van der Waals surface area contributed by atoms with Crippen LogP contribution in [0.1, 0.15) is 22.3 Å². The van der Waals surface area contributed by atoms with Crippen LogP contribution in [0.4, 0.5) is 5.69 Å². The molecule has 1 N–H and O–H groups in total. The van der Waals surface area contributed by atoms with E-state index >= 15 is 0 Å². The van der Waals surface area contributed by atoms with E-state index in [4.69, 9.17) is 4.74 Å². The second-order valence-corrected chi connectivity index (χ2v) is 7.42. The minimum Gasteiger partial charge on any atom is -0.467 e. The second kappa shape index (κ2) is 7.94. The third kappa shape index (κ3) is 3.87. The normalized spacial score (nSPS) is 10.9. The van der Waals surface area contributed by atoms with Gasteiger partial charge in [-0.15, -0.1) is 0 Å². The zero-order valence-electron chi connectivity index (χ0n) is 17.4. The number of benzene rings is 2. The first-order chi connectivity index (χ1) is 14.4. The largest absolute Gasteiger partial charge is 0.467 e. The first kappa shape index (κ1) is 19.6. The fraction of sp³-hybridized carbons (Fsp3) is 0.217. The number of nitrogens with zero attached hydrogens (tertiary/aromatic N) is 4. The molecule has 0 atom stereocenters. The van der Waals surface area contributed by atoms with Gasteiger partial charge in [0.15, 0.2) is 12.3 Å². The summed E-state index contributed by atoms with van der Waals surface area (Å²) in [7, 11) is 0. The molecule has 0 unspecified atom stereocenters. The summed E-state index contributed by atoms with van der Waals surface area (Å²) in [5.41, 5.74) is 6.64. The molecule has 0 aliphatic carbocycles. The fourth-order valence-corrected chi connectivity index (χ4v) is 3.52. The van der Waals surface area contributed by atoms with Crippen LogP contribution in [0.15, 0.2) is 48.9 Å². The van der Waals surface area contributed by atoms with Crippen LogP contribution in [0.2, 0.25) is 0 Å². The summed E-state index contributed by atoms with van der Waals surface area (Å²) in [6, 6.07) is 12.1. The summed E-state index contributed by atoms with van der Waals surface area (Å²) in [6.07, 6.45) is 3.08. The summed E-state index contributed by atoms with van der Waals surface area (Å²) >= 11 is 0. The number of hydrogen-bond acceptors (Lipinski definition) is 5. The van der Waals surface area contributed by atoms with Gasteiger partial charge in [-0.1, -0.05) is 24.3 Å². The number of aryl methyl sites for hydroxylation is 4. The Hall–Kier alpha value is -3.74. The molecule has 1 amide bonds. The van der Waals surface area contributed by atoms with Crippen LogP contribution >= 0.6 is 0 Å². The molecule has 0 spiro atoms. The van der Waals surface area contributed by atoms with Gasteiger partial charge in [0, 0.05) is 5.69 Å². The van der Waals surface area contributed by atoms with Crippen molar-refractivity contribution in [3.63, 3.8) is 0 Å². The molecule has 0 aliphatic heterocycles. The summed E-state index contributed by atoms with van der Waals surface area (Å²) in [5.74, 6) is 0.0770. The summed E-state index contributed by atoms with van der Waals surface area (Å²) in [6.45, 7) is 7.84. The molecule has 4 rings (SSSR count). The van der Waals surface area contributed by atoms with Gasteiger partial charge in [-0.05, 0) is 62.1 Å². The lowest BCUT2D eigenvalue weighted by molar-refractivity contribution is -0.118. The lowest BCUT2D eigenvalue weighted by Gasteiger charge is -2.12. The maximum atomic E-state index is 12.4. The number of aromatic nitrogens is 4. The lowest BCUT2D eigenvalue weighted by atomic mass is 10.1. The maximum Gasteiger partial charge on any atom is 0.262 e. The van der Waals surface area contributed by atoms with E-state index in [-0.39, 0.29) is 12.5 Å². The van der Waals surface area contributed by atoms with Crippen LogP contribution < -0.4 is 10.1 Å². The van der Waals surface area contributed by atoms with Crippen molar-refractivity contribution in [1.29, 1.82) is 0 Å². The van der Waals surface area contributed by atoms with Gasteiger partial charge in [-0.25, -0.2) is 14.6 Å². The molecule has 0 bridgehead atoms. The highest BCUT2D eigenvalue weighted by Crippen LogP contribution is 2.24. The van der Waals surface area contributed by atoms with Crippen molar-refractivity contribution < 1.29 is 9.53 Å². The molecule has 0 fully saturated rings. The van der Waals surface area contributed by atoms with Gasteiger partial charge in [0.05, 0.1) is 11.9 Å². The number of para-hydroxylation sites is 1. The molecule has 4 aromatic rings. The van der Waals surface area contributed by atoms with Crippen molar-refractivity contribution >= 4 is 22.6 Å². The van der Waals surface area contributed by atoms with E-state index in [1.807, 2.05) is 58.0 Å². The molecule has 0 saturated carbocycles. The zero-order valence-corrected chi connectivity index (χ0v) is 17.4. The van der Waals surface area contributed by atoms with Gasteiger partial charge in [0.1, 0.15) is 11.7 Å². The molecule has 0 radical (unpaired) electrons.